The lowest BCUT2D eigenvalue weighted by atomic mass is 10.1. The van der Waals surface area contributed by atoms with Gasteiger partial charge in [0.05, 0.1) is 18.8 Å². The summed E-state index contributed by atoms with van der Waals surface area (Å²) in [6, 6.07) is 0. The Balaban J connectivity index is 0.00000341. The molecule has 2 unspecified atom stereocenters. The Morgan fingerprint density at radius 2 is 1.84 bits per heavy atom. The molecule has 1 N–H and O–H groups in total. The highest BCUT2D eigenvalue weighted by atomic mass is 127. The number of piperidine rings is 1. The van der Waals surface area contributed by atoms with Crippen LogP contribution >= 0.6 is 24.0 Å². The number of hydrogen-bond acceptors (Lipinski definition) is 5. The molecule has 7 nitrogen and oxygen atoms in total. The predicted molar refractivity (Wildman–Crippen MR) is 139 cm³/mol. The molecule has 3 aliphatic rings. The van der Waals surface area contributed by atoms with Crippen molar-refractivity contribution < 1.29 is 9.47 Å². The van der Waals surface area contributed by atoms with Gasteiger partial charge in [-0.05, 0) is 52.0 Å². The van der Waals surface area contributed by atoms with Gasteiger partial charge in [0.1, 0.15) is 0 Å². The minimum Gasteiger partial charge on any atom is -0.376 e. The van der Waals surface area contributed by atoms with Gasteiger partial charge in [0.2, 0.25) is 0 Å². The number of piperazine rings is 1. The number of nitrogens with zero attached hydrogens (tertiary/aromatic N) is 4. The zero-order chi connectivity index (χ0) is 21.2. The van der Waals surface area contributed by atoms with Crippen LogP contribution in [0.2, 0.25) is 0 Å². The van der Waals surface area contributed by atoms with E-state index >= 15 is 0 Å². The predicted octanol–water partition coefficient (Wildman–Crippen LogP) is 2.50. The monoisotopic (exact) mass is 551 g/mol. The smallest absolute Gasteiger partial charge is 0.193 e. The minimum absolute atomic E-state index is 0. The summed E-state index contributed by atoms with van der Waals surface area (Å²) >= 11 is 0. The Kier molecular flexibility index (Phi) is 13.0. The third-order valence-corrected chi connectivity index (χ3v) is 6.59. The van der Waals surface area contributed by atoms with E-state index in [2.05, 4.69) is 40.9 Å². The molecule has 0 aromatic heterocycles. The van der Waals surface area contributed by atoms with Crippen LogP contribution in [-0.4, -0.2) is 112 Å². The maximum Gasteiger partial charge on any atom is 0.193 e. The number of likely N-dealkylation sites (tertiary alicyclic amines) is 1. The van der Waals surface area contributed by atoms with Crippen molar-refractivity contribution >= 4 is 29.9 Å². The third-order valence-electron chi connectivity index (χ3n) is 6.59. The van der Waals surface area contributed by atoms with Crippen LogP contribution in [0.25, 0.3) is 0 Å². The molecule has 3 saturated heterocycles. The van der Waals surface area contributed by atoms with E-state index in [4.69, 9.17) is 14.5 Å². The number of nitrogens with one attached hydrogen (secondary N) is 1. The van der Waals surface area contributed by atoms with E-state index in [1.165, 1.54) is 39.0 Å². The Hall–Kier alpha value is -0.160. The average Bonchev–Trinajstić information content (AvgIpc) is 2.78. The molecular weight excluding hydrogens is 505 g/mol. The number of guanidine groups is 1. The second kappa shape index (κ2) is 14.9. The van der Waals surface area contributed by atoms with Gasteiger partial charge < -0.3 is 29.5 Å². The van der Waals surface area contributed by atoms with E-state index in [1.54, 1.807) is 0 Å². The maximum absolute atomic E-state index is 6.18. The molecule has 3 fully saturated rings. The first-order chi connectivity index (χ1) is 14.6. The van der Waals surface area contributed by atoms with Crippen molar-refractivity contribution in [1.29, 1.82) is 0 Å². The SMILES string of the molecule is CCNC(=NCC(C)CN1CCN(C)CC1)N1CCC(OCC2CCCCO2)CC1.I. The van der Waals surface area contributed by atoms with Crippen molar-refractivity contribution in [2.75, 3.05) is 79.2 Å². The van der Waals surface area contributed by atoms with Crippen molar-refractivity contribution in [2.24, 2.45) is 10.9 Å². The summed E-state index contributed by atoms with van der Waals surface area (Å²) in [5.41, 5.74) is 0. The van der Waals surface area contributed by atoms with Crippen LogP contribution in [0.15, 0.2) is 4.99 Å². The topological polar surface area (TPSA) is 52.6 Å². The van der Waals surface area contributed by atoms with E-state index in [-0.39, 0.29) is 24.0 Å². The largest absolute Gasteiger partial charge is 0.376 e. The molecule has 0 amide bonds. The number of hydrogen-bond donors (Lipinski definition) is 1. The molecule has 3 heterocycles. The Morgan fingerprint density at radius 1 is 1.10 bits per heavy atom. The second-order valence-electron chi connectivity index (χ2n) is 9.41. The van der Waals surface area contributed by atoms with Crippen LogP contribution in [0.5, 0.6) is 0 Å². The van der Waals surface area contributed by atoms with Gasteiger partial charge in [-0.1, -0.05) is 6.92 Å². The number of ether oxygens (including phenoxy) is 2. The van der Waals surface area contributed by atoms with Gasteiger partial charge in [-0.15, -0.1) is 24.0 Å². The van der Waals surface area contributed by atoms with Gasteiger partial charge in [-0.3, -0.25) is 4.99 Å². The Bertz CT molecular complexity index is 502. The van der Waals surface area contributed by atoms with Crippen molar-refractivity contribution in [3.8, 4) is 0 Å². The number of aliphatic imine (C=N–C) groups is 1. The van der Waals surface area contributed by atoms with Gasteiger partial charge in [-0.2, -0.15) is 0 Å². The minimum atomic E-state index is 0. The highest BCUT2D eigenvalue weighted by molar-refractivity contribution is 14.0. The van der Waals surface area contributed by atoms with Crippen LogP contribution in [0.3, 0.4) is 0 Å². The van der Waals surface area contributed by atoms with Crippen molar-refractivity contribution in [1.82, 2.24) is 20.0 Å². The van der Waals surface area contributed by atoms with Gasteiger partial charge in [0.25, 0.3) is 0 Å². The third kappa shape index (κ3) is 9.70. The zero-order valence-corrected chi connectivity index (χ0v) is 22.4. The van der Waals surface area contributed by atoms with Crippen LogP contribution in [0.1, 0.15) is 46.0 Å². The summed E-state index contributed by atoms with van der Waals surface area (Å²) in [6.45, 7) is 15.9. The van der Waals surface area contributed by atoms with E-state index in [1.807, 2.05) is 0 Å². The van der Waals surface area contributed by atoms with Crippen LogP contribution in [-0.2, 0) is 9.47 Å². The summed E-state index contributed by atoms with van der Waals surface area (Å²) in [6.07, 6.45) is 6.48. The maximum atomic E-state index is 6.18. The van der Waals surface area contributed by atoms with Gasteiger partial charge in [-0.25, -0.2) is 0 Å². The first kappa shape index (κ1) is 27.1. The molecule has 0 saturated carbocycles. The van der Waals surface area contributed by atoms with E-state index in [0.717, 1.165) is 71.2 Å². The Labute approximate surface area is 207 Å². The first-order valence-electron chi connectivity index (χ1n) is 12.3. The molecular formula is C23H46IN5O2. The molecule has 0 bridgehead atoms. The van der Waals surface area contributed by atoms with Crippen LogP contribution < -0.4 is 5.32 Å². The van der Waals surface area contributed by atoms with Crippen molar-refractivity contribution in [3.63, 3.8) is 0 Å². The van der Waals surface area contributed by atoms with E-state index in [0.29, 0.717) is 18.1 Å². The van der Waals surface area contributed by atoms with E-state index in [9.17, 15) is 0 Å². The quantitative estimate of drug-likeness (QED) is 0.284. The van der Waals surface area contributed by atoms with Gasteiger partial charge in [0.15, 0.2) is 5.96 Å². The lowest BCUT2D eigenvalue weighted by Gasteiger charge is -2.35. The normalized spacial score (nSPS) is 25.8. The summed E-state index contributed by atoms with van der Waals surface area (Å²) < 4.78 is 12.0. The van der Waals surface area contributed by atoms with Gasteiger partial charge in [0, 0.05) is 65.5 Å². The zero-order valence-electron chi connectivity index (χ0n) is 20.1. The lowest BCUT2D eigenvalue weighted by molar-refractivity contribution is -0.0721. The molecule has 0 aliphatic carbocycles. The van der Waals surface area contributed by atoms with Crippen molar-refractivity contribution in [2.45, 2.75) is 58.2 Å². The fourth-order valence-corrected chi connectivity index (χ4v) is 4.61. The van der Waals surface area contributed by atoms with Gasteiger partial charge >= 0.3 is 0 Å². The highest BCUT2D eigenvalue weighted by Gasteiger charge is 2.24. The van der Waals surface area contributed by atoms with Crippen molar-refractivity contribution in [3.05, 3.63) is 0 Å². The van der Waals surface area contributed by atoms with E-state index < -0.39 is 0 Å². The summed E-state index contributed by atoms with van der Waals surface area (Å²) in [5.74, 6) is 1.66. The highest BCUT2D eigenvalue weighted by Crippen LogP contribution is 2.18. The summed E-state index contributed by atoms with van der Waals surface area (Å²) in [7, 11) is 2.21. The Morgan fingerprint density at radius 3 is 2.48 bits per heavy atom. The first-order valence-corrected chi connectivity index (χ1v) is 12.3. The molecule has 3 aliphatic heterocycles. The molecule has 182 valence electrons. The molecule has 0 spiro atoms. The molecule has 0 aromatic carbocycles. The fraction of sp³-hybridized carbons (Fsp3) is 0.957. The fourth-order valence-electron chi connectivity index (χ4n) is 4.61. The number of halogens is 1. The number of likely N-dealkylation sites (N-methyl/N-ethyl adjacent to an activating group) is 1. The average molecular weight is 552 g/mol. The molecule has 8 heteroatoms. The molecule has 0 aromatic rings. The van der Waals surface area contributed by atoms with Crippen LogP contribution in [0, 0.1) is 5.92 Å². The lowest BCUT2D eigenvalue weighted by Crippen LogP contribution is -2.48. The molecule has 3 rings (SSSR count). The second-order valence-corrected chi connectivity index (χ2v) is 9.41. The molecule has 0 radical (unpaired) electrons. The summed E-state index contributed by atoms with van der Waals surface area (Å²) in [5, 5.41) is 3.51. The standard InChI is InChI=1S/C23H45N5O2.HI/c1-4-24-23(25-17-20(2)18-27-14-12-26(3)13-15-27)28-10-8-21(9-11-28)30-19-22-7-5-6-16-29-22;/h20-22H,4-19H2,1-3H3,(H,24,25);1H. The summed E-state index contributed by atoms with van der Waals surface area (Å²) in [4.78, 5) is 12.4. The molecule has 31 heavy (non-hydrogen) atoms. The number of rotatable bonds is 8. The van der Waals surface area contributed by atoms with Crippen LogP contribution in [0.4, 0.5) is 0 Å². The molecule has 2 atom stereocenters.